The molecule has 1 atom stereocenters. The lowest BCUT2D eigenvalue weighted by atomic mass is 10.1. The molecule has 0 saturated carbocycles. The van der Waals surface area contributed by atoms with Crippen LogP contribution in [0.3, 0.4) is 0 Å². The van der Waals surface area contributed by atoms with Crippen LogP contribution in [0.4, 0.5) is 0 Å². The molecule has 0 aliphatic carbocycles. The fourth-order valence-electron chi connectivity index (χ4n) is 1.41. The van der Waals surface area contributed by atoms with Gasteiger partial charge in [0.15, 0.2) is 0 Å². The lowest BCUT2D eigenvalue weighted by molar-refractivity contribution is 1.21. The summed E-state index contributed by atoms with van der Waals surface area (Å²) in [5.41, 5.74) is 2.01. The van der Waals surface area contributed by atoms with Gasteiger partial charge in [0.1, 0.15) is 0 Å². The fraction of sp³-hybridized carbons (Fsp3) is 0.0714. The third kappa shape index (κ3) is 2.94. The van der Waals surface area contributed by atoms with Gasteiger partial charge in [0, 0.05) is 6.20 Å². The van der Waals surface area contributed by atoms with E-state index in [2.05, 4.69) is 4.98 Å². The van der Waals surface area contributed by atoms with Gasteiger partial charge >= 0.3 is 0 Å². The van der Waals surface area contributed by atoms with E-state index in [0.29, 0.717) is 0 Å². The van der Waals surface area contributed by atoms with E-state index in [4.69, 9.17) is 11.6 Å². The van der Waals surface area contributed by atoms with Crippen LogP contribution < -0.4 is 0 Å². The molecule has 0 N–H and O–H groups in total. The molecule has 1 nitrogen and oxygen atoms in total. The van der Waals surface area contributed by atoms with Gasteiger partial charge in [-0.3, -0.25) is 4.98 Å². The lowest BCUT2D eigenvalue weighted by Gasteiger charge is -2.03. The van der Waals surface area contributed by atoms with Gasteiger partial charge in [-0.2, -0.15) is 0 Å². The number of rotatable bonds is 3. The standard InChI is InChI=1S/C14H12ClN/c15-14(12-6-2-1-3-7-12)10-9-13-8-4-5-11-16-13/h1-11,14H/b10-9+. The highest BCUT2D eigenvalue weighted by Gasteiger charge is 2.01. The van der Waals surface area contributed by atoms with Gasteiger partial charge in [-0.25, -0.2) is 0 Å². The summed E-state index contributed by atoms with van der Waals surface area (Å²) in [6, 6.07) is 15.8. The minimum Gasteiger partial charge on any atom is -0.257 e. The van der Waals surface area contributed by atoms with Crippen LogP contribution in [0, 0.1) is 0 Å². The van der Waals surface area contributed by atoms with E-state index < -0.39 is 0 Å². The Morgan fingerprint density at radius 2 is 1.75 bits per heavy atom. The monoisotopic (exact) mass is 229 g/mol. The molecule has 2 rings (SSSR count). The van der Waals surface area contributed by atoms with Crippen LogP contribution in [0.15, 0.2) is 60.8 Å². The van der Waals surface area contributed by atoms with E-state index in [1.807, 2.05) is 60.7 Å². The minimum atomic E-state index is -0.108. The van der Waals surface area contributed by atoms with Crippen LogP contribution in [0.2, 0.25) is 0 Å². The zero-order valence-corrected chi connectivity index (χ0v) is 9.51. The summed E-state index contributed by atoms with van der Waals surface area (Å²) in [6.07, 6.45) is 5.65. The summed E-state index contributed by atoms with van der Waals surface area (Å²) in [5.74, 6) is 0. The van der Waals surface area contributed by atoms with E-state index in [9.17, 15) is 0 Å². The van der Waals surface area contributed by atoms with Crippen LogP contribution in [0.5, 0.6) is 0 Å². The minimum absolute atomic E-state index is 0.108. The normalized spacial score (nSPS) is 12.8. The Hall–Kier alpha value is -1.60. The van der Waals surface area contributed by atoms with Crippen molar-refractivity contribution in [1.82, 2.24) is 4.98 Å². The van der Waals surface area contributed by atoms with Gasteiger partial charge in [-0.05, 0) is 23.8 Å². The Morgan fingerprint density at radius 3 is 2.44 bits per heavy atom. The van der Waals surface area contributed by atoms with E-state index >= 15 is 0 Å². The molecule has 0 saturated heterocycles. The summed E-state index contributed by atoms with van der Waals surface area (Å²) in [5, 5.41) is -0.108. The van der Waals surface area contributed by atoms with Crippen LogP contribution in [0.25, 0.3) is 6.08 Å². The molecule has 16 heavy (non-hydrogen) atoms. The predicted octanol–water partition coefficient (Wildman–Crippen LogP) is 4.07. The zero-order valence-electron chi connectivity index (χ0n) is 8.75. The summed E-state index contributed by atoms with van der Waals surface area (Å²) in [4.78, 5) is 4.20. The van der Waals surface area contributed by atoms with Crippen molar-refractivity contribution in [1.29, 1.82) is 0 Å². The van der Waals surface area contributed by atoms with Gasteiger partial charge in [-0.15, -0.1) is 11.6 Å². The van der Waals surface area contributed by atoms with Crippen molar-refractivity contribution in [2.24, 2.45) is 0 Å². The largest absolute Gasteiger partial charge is 0.257 e. The summed E-state index contributed by atoms with van der Waals surface area (Å²) < 4.78 is 0. The van der Waals surface area contributed by atoms with Crippen LogP contribution >= 0.6 is 11.6 Å². The van der Waals surface area contributed by atoms with E-state index in [-0.39, 0.29) is 5.38 Å². The Morgan fingerprint density at radius 1 is 1.00 bits per heavy atom. The third-order valence-corrected chi connectivity index (χ3v) is 2.64. The maximum absolute atomic E-state index is 6.24. The first kappa shape index (κ1) is 10.9. The molecule has 0 aliphatic rings. The molecule has 1 aromatic heterocycles. The molecule has 0 fully saturated rings. The summed E-state index contributed by atoms with van der Waals surface area (Å²) >= 11 is 6.24. The van der Waals surface area contributed by atoms with Crippen molar-refractivity contribution in [2.45, 2.75) is 5.38 Å². The number of alkyl halides is 1. The average Bonchev–Trinajstić information content (AvgIpc) is 2.38. The van der Waals surface area contributed by atoms with Crippen molar-refractivity contribution < 1.29 is 0 Å². The Labute approximate surface area is 100 Å². The number of hydrogen-bond acceptors (Lipinski definition) is 1. The van der Waals surface area contributed by atoms with E-state index in [1.54, 1.807) is 6.20 Å². The first-order valence-electron chi connectivity index (χ1n) is 5.14. The van der Waals surface area contributed by atoms with Crippen LogP contribution in [0.1, 0.15) is 16.6 Å². The second kappa shape index (κ2) is 5.47. The molecular formula is C14H12ClN. The number of pyridine rings is 1. The molecule has 0 amide bonds. The molecule has 80 valence electrons. The topological polar surface area (TPSA) is 12.9 Å². The second-order valence-corrected chi connectivity index (χ2v) is 3.90. The Bertz CT molecular complexity index is 451. The number of aromatic nitrogens is 1. The van der Waals surface area contributed by atoms with Crippen LogP contribution in [-0.2, 0) is 0 Å². The van der Waals surface area contributed by atoms with Gasteiger partial charge in [0.25, 0.3) is 0 Å². The first-order valence-corrected chi connectivity index (χ1v) is 5.58. The average molecular weight is 230 g/mol. The van der Waals surface area contributed by atoms with Crippen molar-refractivity contribution in [3.8, 4) is 0 Å². The third-order valence-electron chi connectivity index (χ3n) is 2.24. The molecule has 1 aromatic carbocycles. The number of hydrogen-bond donors (Lipinski definition) is 0. The maximum atomic E-state index is 6.24. The lowest BCUT2D eigenvalue weighted by Crippen LogP contribution is -1.85. The molecule has 1 heterocycles. The maximum Gasteiger partial charge on any atom is 0.0770 e. The number of nitrogens with zero attached hydrogens (tertiary/aromatic N) is 1. The molecular weight excluding hydrogens is 218 g/mol. The molecule has 2 heteroatoms. The van der Waals surface area contributed by atoms with Gasteiger partial charge in [0.05, 0.1) is 11.1 Å². The first-order chi connectivity index (χ1) is 7.86. The molecule has 0 radical (unpaired) electrons. The van der Waals surface area contributed by atoms with Crippen molar-refractivity contribution in [3.63, 3.8) is 0 Å². The Kier molecular flexibility index (Phi) is 3.73. The quantitative estimate of drug-likeness (QED) is 0.723. The summed E-state index contributed by atoms with van der Waals surface area (Å²) in [6.45, 7) is 0. The van der Waals surface area contributed by atoms with Crippen molar-refractivity contribution in [3.05, 3.63) is 72.1 Å². The van der Waals surface area contributed by atoms with Crippen LogP contribution in [-0.4, -0.2) is 4.98 Å². The van der Waals surface area contributed by atoms with Crippen molar-refractivity contribution >= 4 is 17.7 Å². The second-order valence-electron chi connectivity index (χ2n) is 3.43. The zero-order chi connectivity index (χ0) is 11.2. The van der Waals surface area contributed by atoms with Crippen molar-refractivity contribution in [2.75, 3.05) is 0 Å². The number of allylic oxidation sites excluding steroid dienone is 1. The van der Waals surface area contributed by atoms with Gasteiger partial charge in [-0.1, -0.05) is 42.5 Å². The highest BCUT2D eigenvalue weighted by atomic mass is 35.5. The molecule has 0 bridgehead atoms. The van der Waals surface area contributed by atoms with E-state index in [0.717, 1.165) is 11.3 Å². The molecule has 2 aromatic rings. The smallest absolute Gasteiger partial charge is 0.0770 e. The molecule has 1 unspecified atom stereocenters. The highest BCUT2D eigenvalue weighted by Crippen LogP contribution is 2.21. The highest BCUT2D eigenvalue weighted by molar-refractivity contribution is 6.22. The predicted molar refractivity (Wildman–Crippen MR) is 68.3 cm³/mol. The van der Waals surface area contributed by atoms with Gasteiger partial charge < -0.3 is 0 Å². The fourth-order valence-corrected chi connectivity index (χ4v) is 1.62. The van der Waals surface area contributed by atoms with E-state index in [1.165, 1.54) is 0 Å². The molecule has 0 aliphatic heterocycles. The Balaban J connectivity index is 2.08. The molecule has 0 spiro atoms. The SMILES string of the molecule is ClC(/C=C/c1ccccn1)c1ccccc1. The number of halogens is 1. The number of benzene rings is 1. The van der Waals surface area contributed by atoms with Gasteiger partial charge in [0.2, 0.25) is 0 Å². The summed E-state index contributed by atoms with van der Waals surface area (Å²) in [7, 11) is 0.